The monoisotopic (exact) mass is 428 g/mol. The van der Waals surface area contributed by atoms with Crippen LogP contribution < -0.4 is 10.0 Å². The zero-order valence-corrected chi connectivity index (χ0v) is 17.7. The zero-order valence-electron chi connectivity index (χ0n) is 16.2. The Morgan fingerprint density at radius 3 is 2.66 bits per heavy atom. The second kappa shape index (κ2) is 8.78. The Bertz CT molecular complexity index is 1200. The Labute approximate surface area is 175 Å². The van der Waals surface area contributed by atoms with Crippen LogP contribution in [0, 0.1) is 25.2 Å². The Kier molecular flexibility index (Phi) is 6.38. The van der Waals surface area contributed by atoms with E-state index in [2.05, 4.69) is 27.2 Å². The number of nitrogens with zero attached hydrogens (tertiary/aromatic N) is 2. The molecule has 3 rings (SSSR count). The number of anilines is 1. The van der Waals surface area contributed by atoms with Gasteiger partial charge in [-0.1, -0.05) is 23.7 Å². The van der Waals surface area contributed by atoms with Crippen LogP contribution in [0.1, 0.15) is 23.1 Å². The summed E-state index contributed by atoms with van der Waals surface area (Å²) in [6.07, 6.45) is 0.525. The predicted molar refractivity (Wildman–Crippen MR) is 116 cm³/mol. The predicted octanol–water partition coefficient (Wildman–Crippen LogP) is 4.16. The molecule has 0 spiro atoms. The molecule has 0 aliphatic rings. The van der Waals surface area contributed by atoms with Crippen molar-refractivity contribution in [1.29, 1.82) is 5.26 Å². The maximum absolute atomic E-state index is 12.3. The summed E-state index contributed by atoms with van der Waals surface area (Å²) >= 11 is 5.86. The van der Waals surface area contributed by atoms with Gasteiger partial charge in [-0.05, 0) is 61.7 Å². The Morgan fingerprint density at radius 2 is 1.93 bits per heavy atom. The number of rotatable bonds is 7. The Balaban J connectivity index is 1.63. The van der Waals surface area contributed by atoms with E-state index in [0.717, 1.165) is 22.0 Å². The normalized spacial score (nSPS) is 11.4. The first kappa shape index (κ1) is 21.1. The summed E-state index contributed by atoms with van der Waals surface area (Å²) in [5.74, 6) is 0.502. The van der Waals surface area contributed by atoms with Crippen molar-refractivity contribution in [1.82, 2.24) is 9.71 Å². The van der Waals surface area contributed by atoms with Crippen molar-refractivity contribution in [3.05, 3.63) is 64.2 Å². The topological polar surface area (TPSA) is 94.9 Å². The van der Waals surface area contributed by atoms with Gasteiger partial charge in [0.15, 0.2) is 0 Å². The minimum absolute atomic E-state index is 0.131. The number of sulfonamides is 1. The lowest BCUT2D eigenvalue weighted by Gasteiger charge is -2.11. The third kappa shape index (κ3) is 5.04. The van der Waals surface area contributed by atoms with Crippen molar-refractivity contribution < 1.29 is 8.42 Å². The highest BCUT2D eigenvalue weighted by Gasteiger charge is 2.13. The number of pyridine rings is 1. The largest absolute Gasteiger partial charge is 0.369 e. The molecule has 29 heavy (non-hydrogen) atoms. The molecule has 0 aliphatic heterocycles. The fraction of sp³-hybridized carbons (Fsp3) is 0.238. The van der Waals surface area contributed by atoms with E-state index in [9.17, 15) is 13.7 Å². The molecule has 2 aromatic carbocycles. The molecule has 1 aromatic heterocycles. The van der Waals surface area contributed by atoms with E-state index in [-0.39, 0.29) is 11.4 Å². The third-order valence-electron chi connectivity index (χ3n) is 4.45. The van der Waals surface area contributed by atoms with Gasteiger partial charge in [-0.2, -0.15) is 5.26 Å². The highest BCUT2D eigenvalue weighted by molar-refractivity contribution is 7.89. The molecule has 0 radical (unpaired) electrons. The molecule has 0 atom stereocenters. The van der Waals surface area contributed by atoms with Crippen LogP contribution >= 0.6 is 11.6 Å². The SMILES string of the molecule is Cc1cc(C)c2cc(C#N)c(NCCCNS(=O)(=O)c3cccc(Cl)c3)nc2c1. The maximum Gasteiger partial charge on any atom is 0.240 e. The Morgan fingerprint density at radius 1 is 1.14 bits per heavy atom. The molecule has 0 unspecified atom stereocenters. The smallest absolute Gasteiger partial charge is 0.240 e. The molecule has 0 fully saturated rings. The lowest BCUT2D eigenvalue weighted by Crippen LogP contribution is -2.26. The molecule has 1 heterocycles. The van der Waals surface area contributed by atoms with Gasteiger partial charge in [0.1, 0.15) is 11.9 Å². The second-order valence-corrected chi connectivity index (χ2v) is 8.98. The first-order valence-electron chi connectivity index (χ1n) is 9.11. The first-order valence-corrected chi connectivity index (χ1v) is 11.0. The van der Waals surface area contributed by atoms with Crippen LogP contribution in [0.2, 0.25) is 5.02 Å². The summed E-state index contributed by atoms with van der Waals surface area (Å²) in [7, 11) is -3.61. The van der Waals surface area contributed by atoms with E-state index in [1.807, 2.05) is 26.0 Å². The summed E-state index contributed by atoms with van der Waals surface area (Å²) in [4.78, 5) is 4.72. The number of hydrogen-bond donors (Lipinski definition) is 2. The van der Waals surface area contributed by atoms with Gasteiger partial charge in [-0.25, -0.2) is 18.1 Å². The molecule has 3 aromatic rings. The molecule has 0 saturated heterocycles. The van der Waals surface area contributed by atoms with Crippen molar-refractivity contribution >= 4 is 38.3 Å². The van der Waals surface area contributed by atoms with Crippen LogP contribution in [0.25, 0.3) is 10.9 Å². The van der Waals surface area contributed by atoms with Gasteiger partial charge >= 0.3 is 0 Å². The minimum atomic E-state index is -3.61. The number of halogens is 1. The molecule has 8 heteroatoms. The standard InChI is InChI=1S/C21H21ClN4O2S/c1-14-9-15(2)19-11-16(13-23)21(26-20(19)10-14)24-7-4-8-25-29(27,28)18-6-3-5-17(22)12-18/h3,5-6,9-12,25H,4,7-8H2,1-2H3,(H,24,26). The molecular weight excluding hydrogens is 408 g/mol. The third-order valence-corrected chi connectivity index (χ3v) is 6.14. The van der Waals surface area contributed by atoms with E-state index in [4.69, 9.17) is 11.6 Å². The van der Waals surface area contributed by atoms with Gasteiger partial charge in [0.05, 0.1) is 16.0 Å². The fourth-order valence-electron chi connectivity index (χ4n) is 3.07. The summed E-state index contributed by atoms with van der Waals surface area (Å²) < 4.78 is 27.1. The van der Waals surface area contributed by atoms with E-state index < -0.39 is 10.0 Å². The average molecular weight is 429 g/mol. The number of aryl methyl sites for hydroxylation is 2. The average Bonchev–Trinajstić information content (AvgIpc) is 2.67. The van der Waals surface area contributed by atoms with Gasteiger partial charge in [0.25, 0.3) is 0 Å². The summed E-state index contributed by atoms with van der Waals surface area (Å²) in [5, 5.41) is 13.9. The quantitative estimate of drug-likeness (QED) is 0.551. The summed E-state index contributed by atoms with van der Waals surface area (Å²) in [6, 6.07) is 14.2. The van der Waals surface area contributed by atoms with E-state index in [1.54, 1.807) is 12.1 Å². The van der Waals surface area contributed by atoms with Crippen LogP contribution in [0.5, 0.6) is 0 Å². The summed E-state index contributed by atoms with van der Waals surface area (Å²) in [5.41, 5.74) is 3.47. The lowest BCUT2D eigenvalue weighted by molar-refractivity contribution is 0.580. The molecule has 0 aliphatic carbocycles. The molecule has 0 bridgehead atoms. The van der Waals surface area contributed by atoms with E-state index in [0.29, 0.717) is 29.4 Å². The first-order chi connectivity index (χ1) is 13.8. The number of nitrogens with one attached hydrogen (secondary N) is 2. The molecular formula is C21H21ClN4O2S. The summed E-state index contributed by atoms with van der Waals surface area (Å²) in [6.45, 7) is 4.72. The van der Waals surface area contributed by atoms with Crippen molar-refractivity contribution in [2.75, 3.05) is 18.4 Å². The molecule has 2 N–H and O–H groups in total. The van der Waals surface area contributed by atoms with E-state index in [1.165, 1.54) is 12.1 Å². The highest BCUT2D eigenvalue weighted by atomic mass is 35.5. The molecule has 6 nitrogen and oxygen atoms in total. The van der Waals surface area contributed by atoms with Gasteiger partial charge in [0.2, 0.25) is 10.0 Å². The van der Waals surface area contributed by atoms with Crippen molar-refractivity contribution in [3.8, 4) is 6.07 Å². The van der Waals surface area contributed by atoms with Crippen LogP contribution in [0.15, 0.2) is 47.4 Å². The van der Waals surface area contributed by atoms with Crippen LogP contribution in [0.4, 0.5) is 5.82 Å². The Hall–Kier alpha value is -2.66. The van der Waals surface area contributed by atoms with Crippen molar-refractivity contribution in [2.24, 2.45) is 0 Å². The number of benzene rings is 2. The van der Waals surface area contributed by atoms with Gasteiger partial charge < -0.3 is 5.32 Å². The van der Waals surface area contributed by atoms with Crippen LogP contribution in [0.3, 0.4) is 0 Å². The highest BCUT2D eigenvalue weighted by Crippen LogP contribution is 2.24. The van der Waals surface area contributed by atoms with E-state index >= 15 is 0 Å². The number of nitriles is 1. The molecule has 0 saturated carbocycles. The fourth-order valence-corrected chi connectivity index (χ4v) is 4.44. The second-order valence-electron chi connectivity index (χ2n) is 6.78. The lowest BCUT2D eigenvalue weighted by atomic mass is 10.0. The van der Waals surface area contributed by atoms with Crippen LogP contribution in [-0.2, 0) is 10.0 Å². The number of aromatic nitrogens is 1. The number of hydrogen-bond acceptors (Lipinski definition) is 5. The van der Waals surface area contributed by atoms with Gasteiger partial charge in [-0.15, -0.1) is 0 Å². The van der Waals surface area contributed by atoms with Crippen molar-refractivity contribution in [3.63, 3.8) is 0 Å². The number of fused-ring (bicyclic) bond motifs is 1. The van der Waals surface area contributed by atoms with Crippen LogP contribution in [-0.4, -0.2) is 26.5 Å². The molecule has 0 amide bonds. The van der Waals surface area contributed by atoms with Gasteiger partial charge in [-0.3, -0.25) is 0 Å². The molecule has 150 valence electrons. The minimum Gasteiger partial charge on any atom is -0.369 e. The maximum atomic E-state index is 12.3. The zero-order chi connectivity index (χ0) is 21.0. The van der Waals surface area contributed by atoms with Gasteiger partial charge in [0, 0.05) is 23.5 Å². The van der Waals surface area contributed by atoms with Crippen molar-refractivity contribution in [2.45, 2.75) is 25.2 Å².